The summed E-state index contributed by atoms with van der Waals surface area (Å²) in [5, 5.41) is 4.52. The van der Waals surface area contributed by atoms with Crippen molar-refractivity contribution >= 4 is 17.3 Å². The summed E-state index contributed by atoms with van der Waals surface area (Å²) in [5.74, 6) is 0. The number of hydrogen-bond acceptors (Lipinski definition) is 5. The molecule has 2 aliphatic heterocycles. The Morgan fingerprint density at radius 3 is 2.53 bits per heavy atom. The minimum atomic E-state index is -1.30. The molecule has 0 spiro atoms. The van der Waals surface area contributed by atoms with Crippen LogP contribution >= 0.6 is 0 Å². The lowest BCUT2D eigenvalue weighted by Gasteiger charge is -2.39. The van der Waals surface area contributed by atoms with Crippen molar-refractivity contribution in [2.24, 2.45) is 0 Å². The maximum absolute atomic E-state index is 15.9. The normalized spacial score (nSPS) is 21.4. The first kappa shape index (κ1) is 24.6. The van der Waals surface area contributed by atoms with Crippen LogP contribution in [0.4, 0.5) is 14.9 Å². The molecule has 2 fully saturated rings. The molecule has 36 heavy (non-hydrogen) atoms. The Bertz CT molecular complexity index is 1200. The molecule has 0 radical (unpaired) electrons. The van der Waals surface area contributed by atoms with Crippen LogP contribution in [0.2, 0.25) is 0 Å². The SMILES string of the molecule is CCOC(=O)N1CCN(c2ccnn3cc(-c4ccc([C@@]5(F)CCCN(C(C)C)C5)cc4)cc23)CC1. The zero-order valence-electron chi connectivity index (χ0n) is 21.5. The van der Waals surface area contributed by atoms with Gasteiger partial charge in [0.05, 0.1) is 17.8 Å². The van der Waals surface area contributed by atoms with Crippen molar-refractivity contribution in [3.63, 3.8) is 0 Å². The molecule has 0 bridgehead atoms. The van der Waals surface area contributed by atoms with E-state index >= 15 is 4.39 Å². The predicted molar refractivity (Wildman–Crippen MR) is 140 cm³/mol. The monoisotopic (exact) mass is 493 g/mol. The number of carbonyl (C=O) groups is 1. The van der Waals surface area contributed by atoms with Gasteiger partial charge in [-0.1, -0.05) is 24.3 Å². The molecule has 1 amide bonds. The molecular weight excluding hydrogens is 457 g/mol. The van der Waals surface area contributed by atoms with Crippen molar-refractivity contribution in [1.82, 2.24) is 19.4 Å². The van der Waals surface area contributed by atoms with Gasteiger partial charge in [-0.3, -0.25) is 4.90 Å². The number of amides is 1. The summed E-state index contributed by atoms with van der Waals surface area (Å²) in [6.45, 7) is 10.6. The van der Waals surface area contributed by atoms with Crippen LogP contribution in [0.1, 0.15) is 39.2 Å². The highest BCUT2D eigenvalue weighted by molar-refractivity contribution is 5.80. The molecule has 4 heterocycles. The van der Waals surface area contributed by atoms with Gasteiger partial charge in [0.15, 0.2) is 0 Å². The molecule has 3 aromatic rings. The van der Waals surface area contributed by atoms with E-state index in [1.807, 2.05) is 54.2 Å². The molecule has 2 saturated heterocycles. The van der Waals surface area contributed by atoms with Gasteiger partial charge in [-0.15, -0.1) is 0 Å². The number of carbonyl (C=O) groups excluding carboxylic acids is 1. The quantitative estimate of drug-likeness (QED) is 0.504. The fourth-order valence-corrected chi connectivity index (χ4v) is 5.45. The van der Waals surface area contributed by atoms with E-state index < -0.39 is 5.67 Å². The second kappa shape index (κ2) is 10.1. The molecule has 8 heteroatoms. The third-order valence-corrected chi connectivity index (χ3v) is 7.57. The van der Waals surface area contributed by atoms with Gasteiger partial charge >= 0.3 is 6.09 Å². The van der Waals surface area contributed by atoms with Crippen molar-refractivity contribution in [2.75, 3.05) is 50.8 Å². The Morgan fingerprint density at radius 2 is 1.83 bits per heavy atom. The number of halogens is 1. The zero-order valence-corrected chi connectivity index (χ0v) is 21.5. The number of hydrogen-bond donors (Lipinski definition) is 0. The van der Waals surface area contributed by atoms with E-state index in [0.29, 0.717) is 38.7 Å². The molecule has 1 aromatic carbocycles. The topological polar surface area (TPSA) is 53.3 Å². The zero-order chi connectivity index (χ0) is 25.3. The van der Waals surface area contributed by atoms with Crippen LogP contribution in [0.3, 0.4) is 0 Å². The number of likely N-dealkylation sites (tertiary alicyclic amines) is 1. The third kappa shape index (κ3) is 4.78. The second-order valence-electron chi connectivity index (χ2n) is 10.2. The maximum atomic E-state index is 15.9. The highest BCUT2D eigenvalue weighted by Crippen LogP contribution is 2.37. The molecule has 0 unspecified atom stereocenters. The lowest BCUT2D eigenvalue weighted by atomic mass is 9.86. The first-order valence-electron chi connectivity index (χ1n) is 13.1. The summed E-state index contributed by atoms with van der Waals surface area (Å²) in [5.41, 5.74) is 3.67. The maximum Gasteiger partial charge on any atom is 0.409 e. The van der Waals surface area contributed by atoms with Gasteiger partial charge in [-0.2, -0.15) is 5.10 Å². The number of fused-ring (bicyclic) bond motifs is 1. The van der Waals surface area contributed by atoms with Crippen LogP contribution in [-0.4, -0.2) is 77.4 Å². The van der Waals surface area contributed by atoms with Gasteiger partial charge in [0.25, 0.3) is 0 Å². The summed E-state index contributed by atoms with van der Waals surface area (Å²) >= 11 is 0. The van der Waals surface area contributed by atoms with Gasteiger partial charge < -0.3 is 14.5 Å². The van der Waals surface area contributed by atoms with Crippen molar-refractivity contribution < 1.29 is 13.9 Å². The molecule has 2 aliphatic rings. The van der Waals surface area contributed by atoms with E-state index in [1.165, 1.54) is 0 Å². The van der Waals surface area contributed by atoms with Crippen LogP contribution in [0, 0.1) is 0 Å². The van der Waals surface area contributed by atoms with E-state index in [9.17, 15) is 4.79 Å². The van der Waals surface area contributed by atoms with Crippen molar-refractivity contribution in [2.45, 2.75) is 45.3 Å². The minimum Gasteiger partial charge on any atom is -0.450 e. The summed E-state index contributed by atoms with van der Waals surface area (Å²) in [6.07, 6.45) is 5.04. The Hall–Kier alpha value is -3.13. The molecule has 0 N–H and O–H groups in total. The number of alkyl halides is 1. The molecule has 5 rings (SSSR count). The largest absolute Gasteiger partial charge is 0.450 e. The fraction of sp³-hybridized carbons (Fsp3) is 0.500. The van der Waals surface area contributed by atoms with Gasteiger partial charge in [-0.25, -0.2) is 13.7 Å². The molecule has 2 aromatic heterocycles. The molecule has 7 nitrogen and oxygen atoms in total. The lowest BCUT2D eigenvalue weighted by Crippen LogP contribution is -2.49. The first-order chi connectivity index (χ1) is 17.4. The molecule has 1 atom stereocenters. The number of benzene rings is 1. The number of ether oxygens (including phenoxy) is 1. The van der Waals surface area contributed by atoms with Crippen molar-refractivity contribution in [1.29, 1.82) is 0 Å². The van der Waals surface area contributed by atoms with Crippen LogP contribution in [0.25, 0.3) is 16.6 Å². The van der Waals surface area contributed by atoms with Crippen LogP contribution in [0.15, 0.2) is 48.8 Å². The van der Waals surface area contributed by atoms with Crippen molar-refractivity contribution in [3.05, 3.63) is 54.4 Å². The number of aromatic nitrogens is 2. The van der Waals surface area contributed by atoms with Gasteiger partial charge in [0.1, 0.15) is 5.67 Å². The predicted octanol–water partition coefficient (Wildman–Crippen LogP) is 4.95. The Morgan fingerprint density at radius 1 is 1.08 bits per heavy atom. The summed E-state index contributed by atoms with van der Waals surface area (Å²) in [7, 11) is 0. The highest BCUT2D eigenvalue weighted by atomic mass is 19.1. The van der Waals surface area contributed by atoms with Gasteiger partial charge in [0, 0.05) is 56.7 Å². The van der Waals surface area contributed by atoms with E-state index in [1.54, 1.807) is 4.90 Å². The van der Waals surface area contributed by atoms with Crippen LogP contribution < -0.4 is 4.90 Å². The highest BCUT2D eigenvalue weighted by Gasteiger charge is 2.37. The second-order valence-corrected chi connectivity index (χ2v) is 10.2. The van der Waals surface area contributed by atoms with E-state index in [4.69, 9.17) is 4.74 Å². The number of anilines is 1. The van der Waals surface area contributed by atoms with E-state index in [-0.39, 0.29) is 6.09 Å². The Labute approximate surface area is 212 Å². The summed E-state index contributed by atoms with van der Waals surface area (Å²) in [6, 6.07) is 12.5. The lowest BCUT2D eigenvalue weighted by molar-refractivity contribution is 0.0269. The number of piperidine rings is 1. The first-order valence-corrected chi connectivity index (χ1v) is 13.1. The number of nitrogens with zero attached hydrogens (tertiary/aromatic N) is 5. The smallest absolute Gasteiger partial charge is 0.409 e. The molecule has 0 saturated carbocycles. The minimum absolute atomic E-state index is 0.245. The average molecular weight is 494 g/mol. The number of piperazine rings is 1. The van der Waals surface area contributed by atoms with Gasteiger partial charge in [-0.05, 0) is 63.4 Å². The van der Waals surface area contributed by atoms with Crippen LogP contribution in [-0.2, 0) is 10.4 Å². The molecule has 0 aliphatic carbocycles. The molecular formula is C28H36FN5O2. The van der Waals surface area contributed by atoms with Crippen molar-refractivity contribution in [3.8, 4) is 11.1 Å². The Kier molecular flexibility index (Phi) is 6.88. The van der Waals surface area contributed by atoms with Gasteiger partial charge in [0.2, 0.25) is 0 Å². The third-order valence-electron chi connectivity index (χ3n) is 7.57. The standard InChI is InChI=1S/C28H36FN5O2/c1-4-36-27(35)32-16-14-31(15-17-32)25-10-12-30-34-19-23(18-26(25)34)22-6-8-24(9-7-22)28(29)11-5-13-33(20-28)21(2)3/h6-10,12,18-19,21H,4-5,11,13-17,20H2,1-3H3/t28-/m1/s1. The van der Waals surface area contributed by atoms with Crippen LogP contribution in [0.5, 0.6) is 0 Å². The Balaban J connectivity index is 1.34. The van der Waals surface area contributed by atoms with E-state index in [2.05, 4.69) is 34.8 Å². The average Bonchev–Trinajstić information content (AvgIpc) is 3.34. The summed E-state index contributed by atoms with van der Waals surface area (Å²) in [4.78, 5) is 18.3. The fourth-order valence-electron chi connectivity index (χ4n) is 5.45. The van der Waals surface area contributed by atoms with E-state index in [0.717, 1.165) is 53.9 Å². The molecule has 192 valence electrons. The summed E-state index contributed by atoms with van der Waals surface area (Å²) < 4.78 is 22.9. The number of rotatable bonds is 5.